The number of aliphatic imine (C=N–C) groups is 2. The molecule has 0 spiro atoms. The van der Waals surface area contributed by atoms with Gasteiger partial charge in [-0.2, -0.15) is 0 Å². The SMILES string of the molecule is CC(C)(CCC(=O)N[C@H](Cc1ccc(-c2ccccc2)cc1)C(=O)NCCCCNC1=NCCN1)C(=O)O.O=C(O)CCCC(=O)NC1(C(=O)NCCCCNC2=NCCN2)Cc2ccccc2C1. The summed E-state index contributed by atoms with van der Waals surface area (Å²) in [4.78, 5) is 82.0. The van der Waals surface area contributed by atoms with Gasteiger partial charge in [0.25, 0.3) is 0 Å². The van der Waals surface area contributed by atoms with Crippen LogP contribution in [-0.4, -0.2) is 122 Å². The van der Waals surface area contributed by atoms with Crippen LogP contribution in [0.15, 0.2) is 88.8 Å². The van der Waals surface area contributed by atoms with Gasteiger partial charge >= 0.3 is 11.9 Å². The quantitative estimate of drug-likeness (QED) is 0.0550. The fourth-order valence-corrected chi connectivity index (χ4v) is 8.01. The fraction of sp³-hybridized carbons (Fsp3) is 0.490. The topological polar surface area (TPSA) is 264 Å². The van der Waals surface area contributed by atoms with Crippen molar-refractivity contribution in [2.75, 3.05) is 52.4 Å². The second kappa shape index (κ2) is 27.1. The minimum Gasteiger partial charge on any atom is -0.481 e. The Balaban J connectivity index is 0.000000263. The zero-order valence-corrected chi connectivity index (χ0v) is 40.0. The zero-order valence-electron chi connectivity index (χ0n) is 40.0. The Bertz CT molecular complexity index is 2220. The lowest BCUT2D eigenvalue weighted by molar-refractivity contribution is -0.147. The Morgan fingerprint density at radius 2 is 1.20 bits per heavy atom. The monoisotopic (exact) mass is 951 g/mol. The van der Waals surface area contributed by atoms with Crippen molar-refractivity contribution in [1.29, 1.82) is 0 Å². The Morgan fingerprint density at radius 1 is 0.652 bits per heavy atom. The van der Waals surface area contributed by atoms with Gasteiger partial charge in [0.05, 0.1) is 18.5 Å². The highest BCUT2D eigenvalue weighted by atomic mass is 16.4. The summed E-state index contributed by atoms with van der Waals surface area (Å²) >= 11 is 0. The maximum Gasteiger partial charge on any atom is 0.309 e. The molecule has 18 heteroatoms. The molecule has 69 heavy (non-hydrogen) atoms. The summed E-state index contributed by atoms with van der Waals surface area (Å²) < 4.78 is 0. The number of carboxylic acids is 2. The number of nitrogens with zero attached hydrogens (tertiary/aromatic N) is 2. The van der Waals surface area contributed by atoms with E-state index in [9.17, 15) is 33.9 Å². The molecule has 372 valence electrons. The number of nitrogens with one attached hydrogen (secondary N) is 8. The number of carbonyl (C=O) groups excluding carboxylic acids is 4. The fourth-order valence-electron chi connectivity index (χ4n) is 8.01. The second-order valence-electron chi connectivity index (χ2n) is 18.2. The van der Waals surface area contributed by atoms with Gasteiger partial charge in [-0.3, -0.25) is 38.8 Å². The highest BCUT2D eigenvalue weighted by molar-refractivity contribution is 5.93. The van der Waals surface area contributed by atoms with E-state index in [4.69, 9.17) is 5.11 Å². The number of carboxylic acid groups (broad SMARTS) is 2. The van der Waals surface area contributed by atoms with Crippen LogP contribution in [0.1, 0.15) is 88.3 Å². The van der Waals surface area contributed by atoms with Crippen LogP contribution in [0.4, 0.5) is 0 Å². The van der Waals surface area contributed by atoms with Crippen molar-refractivity contribution >= 4 is 47.5 Å². The lowest BCUT2D eigenvalue weighted by Gasteiger charge is -2.29. The largest absolute Gasteiger partial charge is 0.481 e. The van der Waals surface area contributed by atoms with E-state index in [1.54, 1.807) is 13.8 Å². The number of hydrogen-bond donors (Lipinski definition) is 10. The van der Waals surface area contributed by atoms with Crippen LogP contribution in [-0.2, 0) is 48.0 Å². The first-order chi connectivity index (χ1) is 33.2. The van der Waals surface area contributed by atoms with Gasteiger partial charge in [0.15, 0.2) is 11.9 Å². The molecule has 0 fully saturated rings. The van der Waals surface area contributed by atoms with Gasteiger partial charge in [-0.05, 0) is 80.2 Å². The maximum atomic E-state index is 13.1. The smallest absolute Gasteiger partial charge is 0.309 e. The molecule has 6 rings (SSSR count). The van der Waals surface area contributed by atoms with Gasteiger partial charge in [0.1, 0.15) is 11.6 Å². The molecule has 1 aliphatic carbocycles. The predicted octanol–water partition coefficient (Wildman–Crippen LogP) is 3.06. The van der Waals surface area contributed by atoms with Crippen LogP contribution < -0.4 is 42.5 Å². The molecule has 3 aromatic carbocycles. The number of fused-ring (bicyclic) bond motifs is 1. The third-order valence-corrected chi connectivity index (χ3v) is 12.1. The van der Waals surface area contributed by atoms with Gasteiger partial charge in [0, 0.05) is 77.8 Å². The van der Waals surface area contributed by atoms with E-state index in [1.165, 1.54) is 0 Å². The van der Waals surface area contributed by atoms with Crippen molar-refractivity contribution < 1.29 is 39.0 Å². The van der Waals surface area contributed by atoms with E-state index in [0.717, 1.165) is 105 Å². The third kappa shape index (κ3) is 17.9. The summed E-state index contributed by atoms with van der Waals surface area (Å²) in [6.45, 7) is 9.03. The molecule has 0 aromatic heterocycles. The number of guanidine groups is 2. The Hall–Kier alpha value is -6.98. The summed E-state index contributed by atoms with van der Waals surface area (Å²) in [6.07, 6.45) is 5.03. The normalized spacial score (nSPS) is 14.8. The summed E-state index contributed by atoms with van der Waals surface area (Å²) in [5.74, 6) is -1.31. The number of carbonyl (C=O) groups is 6. The number of unbranched alkanes of at least 4 members (excludes halogenated alkanes) is 2. The minimum absolute atomic E-state index is 0.0274. The van der Waals surface area contributed by atoms with E-state index in [1.807, 2.05) is 78.9 Å². The van der Waals surface area contributed by atoms with Crippen molar-refractivity contribution in [3.8, 4) is 11.1 Å². The molecule has 0 saturated carbocycles. The molecule has 10 N–H and O–H groups in total. The van der Waals surface area contributed by atoms with Crippen molar-refractivity contribution in [3.63, 3.8) is 0 Å². The molecule has 2 heterocycles. The highest BCUT2D eigenvalue weighted by Gasteiger charge is 2.44. The number of rotatable bonds is 25. The molecule has 3 aromatic rings. The number of amides is 4. The van der Waals surface area contributed by atoms with Gasteiger partial charge in [0.2, 0.25) is 23.6 Å². The van der Waals surface area contributed by atoms with Crippen molar-refractivity contribution in [1.82, 2.24) is 42.5 Å². The molecule has 0 radical (unpaired) electrons. The lowest BCUT2D eigenvalue weighted by atomic mass is 9.88. The molecule has 0 saturated heterocycles. The molecular formula is C51H70N10O8. The summed E-state index contributed by atoms with van der Waals surface area (Å²) in [5.41, 5.74) is 3.16. The maximum absolute atomic E-state index is 13.1. The first-order valence-corrected chi connectivity index (χ1v) is 24.1. The van der Waals surface area contributed by atoms with Gasteiger partial charge in [-0.25, -0.2) is 0 Å². The molecule has 18 nitrogen and oxygen atoms in total. The van der Waals surface area contributed by atoms with E-state index in [2.05, 4.69) is 52.5 Å². The molecule has 1 atom stereocenters. The van der Waals surface area contributed by atoms with E-state index in [0.29, 0.717) is 32.4 Å². The average molecular weight is 951 g/mol. The minimum atomic E-state index is -1.02. The molecule has 0 bridgehead atoms. The molecule has 3 aliphatic rings. The van der Waals surface area contributed by atoms with Crippen LogP contribution in [0.2, 0.25) is 0 Å². The first kappa shape index (κ1) is 53.0. The summed E-state index contributed by atoms with van der Waals surface area (Å²) in [5, 5.41) is 42.6. The summed E-state index contributed by atoms with van der Waals surface area (Å²) in [6, 6.07) is 25.0. The zero-order chi connectivity index (χ0) is 49.5. The summed E-state index contributed by atoms with van der Waals surface area (Å²) in [7, 11) is 0. The van der Waals surface area contributed by atoms with Crippen LogP contribution in [0.3, 0.4) is 0 Å². The van der Waals surface area contributed by atoms with Crippen LogP contribution in [0.5, 0.6) is 0 Å². The number of benzene rings is 3. The third-order valence-electron chi connectivity index (χ3n) is 12.1. The van der Waals surface area contributed by atoms with Gasteiger partial charge in [-0.15, -0.1) is 0 Å². The number of hydrogen-bond acceptors (Lipinski definition) is 12. The van der Waals surface area contributed by atoms with Crippen molar-refractivity contribution in [3.05, 3.63) is 95.6 Å². The van der Waals surface area contributed by atoms with E-state index >= 15 is 0 Å². The average Bonchev–Trinajstić information content (AvgIpc) is 4.14. The second-order valence-corrected chi connectivity index (χ2v) is 18.2. The Labute approximate surface area is 404 Å². The number of aliphatic carboxylic acids is 2. The standard InChI is InChI=1S/C29H39N5O4.C22H31N5O4/c1-29(2,27(37)38)15-14-25(35)34-24(26(36)30-16-6-7-17-31-28-32-18-19-33-28)20-21-10-12-23(13-11-21)22-8-4-3-5-9-22;28-18(8-5-9-19(29)30)27-22(14-16-6-1-2-7-17(16)15-22)20(31)23-10-3-4-11-24-21-25-12-13-26-21/h3-5,8-13,24H,6-7,14-20H2,1-2H3,(H,30,36)(H,34,35)(H,37,38)(H2,31,32,33);1-2,6-7H,3-5,8-15H2,(H,23,31)(H,27,28)(H,29,30)(H2,24,25,26)/t24-;/m1./s1. The van der Waals surface area contributed by atoms with Gasteiger partial charge in [-0.1, -0.05) is 78.9 Å². The lowest BCUT2D eigenvalue weighted by Crippen LogP contribution is -2.59. The first-order valence-electron chi connectivity index (χ1n) is 24.1. The molecule has 4 amide bonds. The molecule has 0 unspecified atom stereocenters. The Kier molecular flexibility index (Phi) is 20.8. The van der Waals surface area contributed by atoms with E-state index in [-0.39, 0.29) is 55.7 Å². The Morgan fingerprint density at radius 3 is 1.75 bits per heavy atom. The van der Waals surface area contributed by atoms with E-state index < -0.39 is 28.9 Å². The highest BCUT2D eigenvalue weighted by Crippen LogP contribution is 2.31. The van der Waals surface area contributed by atoms with Crippen LogP contribution in [0, 0.1) is 5.41 Å². The van der Waals surface area contributed by atoms with Crippen molar-refractivity contribution in [2.45, 2.75) is 102 Å². The molecular weight excluding hydrogens is 881 g/mol. The van der Waals surface area contributed by atoms with Crippen molar-refractivity contribution in [2.24, 2.45) is 15.4 Å². The van der Waals surface area contributed by atoms with Gasteiger partial charge < -0.3 is 52.7 Å². The predicted molar refractivity (Wildman–Crippen MR) is 265 cm³/mol. The van der Waals surface area contributed by atoms with Crippen LogP contribution in [0.25, 0.3) is 11.1 Å². The van der Waals surface area contributed by atoms with Crippen LogP contribution >= 0.6 is 0 Å². The molecule has 2 aliphatic heterocycles.